The zero-order chi connectivity index (χ0) is 20.0. The van der Waals surface area contributed by atoms with Crippen molar-refractivity contribution in [2.45, 2.75) is 26.3 Å². The lowest BCUT2D eigenvalue weighted by Crippen LogP contribution is -2.38. The standard InChI is InChI=1S/C21H16Cl2F2N3/c1-3-12-9-26-21-11(2)27-20(17-14(24)5-4-6-15(17)25)18-16(28(21)10-12)8-7-13(22)19(18)23/h4-11H,3H2,1-2H3/q+1/t11-/m0/s1. The van der Waals surface area contributed by atoms with E-state index in [0.29, 0.717) is 17.1 Å². The Morgan fingerprint density at radius 3 is 2.46 bits per heavy atom. The van der Waals surface area contributed by atoms with Crippen LogP contribution in [0.25, 0.3) is 5.69 Å². The van der Waals surface area contributed by atoms with Gasteiger partial charge in [-0.25, -0.2) is 8.78 Å². The van der Waals surface area contributed by atoms with Crippen molar-refractivity contribution >= 4 is 28.9 Å². The summed E-state index contributed by atoms with van der Waals surface area (Å²) in [7, 11) is 0. The second-order valence-corrected chi connectivity index (χ2v) is 7.33. The van der Waals surface area contributed by atoms with Gasteiger partial charge in [0.1, 0.15) is 29.7 Å². The van der Waals surface area contributed by atoms with Crippen LogP contribution in [0.1, 0.15) is 42.4 Å². The van der Waals surface area contributed by atoms with E-state index in [1.807, 2.05) is 24.6 Å². The minimum Gasteiger partial charge on any atom is -0.268 e. The van der Waals surface area contributed by atoms with E-state index in [0.717, 1.165) is 12.0 Å². The van der Waals surface area contributed by atoms with Gasteiger partial charge in [0.25, 0.3) is 0 Å². The normalized spacial score (nSPS) is 15.5. The SMILES string of the molecule is CCc1cnc2[n+](c1)-c1ccc(Cl)c(Cl)c1C(c1c(F)cccc1F)=N[C@H]2C. The van der Waals surface area contributed by atoms with Crippen LogP contribution in [0, 0.1) is 11.6 Å². The van der Waals surface area contributed by atoms with Crippen LogP contribution in [0.5, 0.6) is 0 Å². The van der Waals surface area contributed by atoms with Crippen molar-refractivity contribution in [2.75, 3.05) is 0 Å². The molecule has 28 heavy (non-hydrogen) atoms. The third-order valence-corrected chi connectivity index (χ3v) is 5.58. The van der Waals surface area contributed by atoms with Gasteiger partial charge in [0, 0.05) is 5.56 Å². The van der Waals surface area contributed by atoms with Gasteiger partial charge in [-0.05, 0) is 37.6 Å². The number of aliphatic imine (C=N–C) groups is 1. The minimum atomic E-state index is -0.717. The molecular weight excluding hydrogens is 403 g/mol. The Morgan fingerprint density at radius 1 is 1.07 bits per heavy atom. The van der Waals surface area contributed by atoms with E-state index in [1.165, 1.54) is 18.2 Å². The molecule has 0 bridgehead atoms. The van der Waals surface area contributed by atoms with E-state index in [2.05, 4.69) is 9.98 Å². The molecule has 2 heterocycles. The Morgan fingerprint density at radius 2 is 1.79 bits per heavy atom. The zero-order valence-electron chi connectivity index (χ0n) is 15.2. The lowest BCUT2D eigenvalue weighted by molar-refractivity contribution is -0.609. The molecule has 0 spiro atoms. The Balaban J connectivity index is 2.12. The van der Waals surface area contributed by atoms with Crippen molar-refractivity contribution in [2.24, 2.45) is 4.99 Å². The number of rotatable bonds is 2. The Labute approximate surface area is 171 Å². The summed E-state index contributed by atoms with van der Waals surface area (Å²) < 4.78 is 31.2. The molecule has 1 aliphatic rings. The van der Waals surface area contributed by atoms with E-state index in [-0.39, 0.29) is 21.3 Å². The van der Waals surface area contributed by atoms with Gasteiger partial charge in [0.05, 0.1) is 26.9 Å². The van der Waals surface area contributed by atoms with E-state index < -0.39 is 17.7 Å². The maximum atomic E-state index is 14.6. The predicted octanol–water partition coefficient (Wildman–Crippen LogP) is 5.42. The molecule has 1 atom stereocenters. The Kier molecular flexibility index (Phi) is 4.89. The fraction of sp³-hybridized carbons (Fsp3) is 0.190. The number of hydrogen-bond acceptors (Lipinski definition) is 2. The third kappa shape index (κ3) is 2.99. The summed E-state index contributed by atoms with van der Waals surface area (Å²) in [5.74, 6) is -0.791. The summed E-state index contributed by atoms with van der Waals surface area (Å²) in [5, 5.41) is 0.469. The molecule has 3 aromatic rings. The van der Waals surface area contributed by atoms with Gasteiger partial charge < -0.3 is 0 Å². The highest BCUT2D eigenvalue weighted by Gasteiger charge is 2.33. The number of fused-ring (bicyclic) bond motifs is 3. The van der Waals surface area contributed by atoms with Crippen molar-refractivity contribution in [1.82, 2.24) is 4.98 Å². The molecule has 0 amide bonds. The molecule has 0 aliphatic carbocycles. The highest BCUT2D eigenvalue weighted by molar-refractivity contribution is 6.45. The molecule has 3 nitrogen and oxygen atoms in total. The fourth-order valence-corrected chi connectivity index (χ4v) is 3.76. The van der Waals surface area contributed by atoms with Gasteiger partial charge >= 0.3 is 5.82 Å². The molecule has 0 unspecified atom stereocenters. The maximum Gasteiger partial charge on any atom is 0.327 e. The first-order chi connectivity index (χ1) is 13.4. The highest BCUT2D eigenvalue weighted by Crippen LogP contribution is 2.35. The summed E-state index contributed by atoms with van der Waals surface area (Å²) >= 11 is 12.8. The number of benzene rings is 2. The van der Waals surface area contributed by atoms with Gasteiger partial charge in [-0.1, -0.05) is 41.2 Å². The molecule has 4 rings (SSSR count). The maximum absolute atomic E-state index is 14.6. The average molecular weight is 419 g/mol. The molecule has 2 aromatic carbocycles. The highest BCUT2D eigenvalue weighted by atomic mass is 35.5. The lowest BCUT2D eigenvalue weighted by atomic mass is 9.99. The number of nitrogens with zero attached hydrogens (tertiary/aromatic N) is 3. The molecule has 0 N–H and O–H groups in total. The van der Waals surface area contributed by atoms with E-state index in [9.17, 15) is 8.78 Å². The first-order valence-corrected chi connectivity index (χ1v) is 9.59. The average Bonchev–Trinajstić information content (AvgIpc) is 2.79. The van der Waals surface area contributed by atoms with Crippen LogP contribution in [-0.2, 0) is 6.42 Å². The number of halogens is 4. The van der Waals surface area contributed by atoms with Crippen molar-refractivity contribution in [3.63, 3.8) is 0 Å². The van der Waals surface area contributed by atoms with Crippen LogP contribution in [0.2, 0.25) is 10.0 Å². The molecule has 7 heteroatoms. The van der Waals surface area contributed by atoms with E-state index >= 15 is 0 Å². The van der Waals surface area contributed by atoms with Gasteiger partial charge in [-0.15, -0.1) is 0 Å². The van der Waals surface area contributed by atoms with Crippen molar-refractivity contribution < 1.29 is 13.3 Å². The molecule has 1 aromatic heterocycles. The summed E-state index contributed by atoms with van der Waals surface area (Å²) in [6.07, 6.45) is 4.51. The Hall–Kier alpha value is -2.37. The molecule has 0 fully saturated rings. The molecular formula is C21H16Cl2F2N3+. The first kappa shape index (κ1) is 19.0. The Bertz CT molecular complexity index is 1110. The number of hydrogen-bond donors (Lipinski definition) is 0. The summed E-state index contributed by atoms with van der Waals surface area (Å²) in [6, 6.07) is 6.67. The van der Waals surface area contributed by atoms with Gasteiger partial charge in [0.15, 0.2) is 6.04 Å². The second kappa shape index (κ2) is 7.22. The van der Waals surface area contributed by atoms with E-state index in [1.54, 1.807) is 18.3 Å². The molecule has 142 valence electrons. The van der Waals surface area contributed by atoms with Crippen molar-refractivity contribution in [3.8, 4) is 5.69 Å². The molecule has 0 saturated heterocycles. The summed E-state index contributed by atoms with van der Waals surface area (Å²) in [6.45, 7) is 3.85. The van der Waals surface area contributed by atoms with Crippen LogP contribution in [0.3, 0.4) is 0 Å². The second-order valence-electron chi connectivity index (χ2n) is 6.55. The summed E-state index contributed by atoms with van der Waals surface area (Å²) in [4.78, 5) is 9.17. The van der Waals surface area contributed by atoms with Crippen LogP contribution in [0.4, 0.5) is 8.78 Å². The van der Waals surface area contributed by atoms with Crippen LogP contribution < -0.4 is 4.57 Å². The minimum absolute atomic E-state index is 0.120. The van der Waals surface area contributed by atoms with Gasteiger partial charge in [0.2, 0.25) is 0 Å². The van der Waals surface area contributed by atoms with Crippen molar-refractivity contribution in [1.29, 1.82) is 0 Å². The first-order valence-electron chi connectivity index (χ1n) is 8.83. The zero-order valence-corrected chi connectivity index (χ0v) is 16.7. The van der Waals surface area contributed by atoms with Gasteiger partial charge in [-0.3, -0.25) is 4.99 Å². The number of aryl methyl sites for hydroxylation is 1. The van der Waals surface area contributed by atoms with Crippen molar-refractivity contribution in [3.05, 3.63) is 86.9 Å². The predicted molar refractivity (Wildman–Crippen MR) is 106 cm³/mol. The lowest BCUT2D eigenvalue weighted by Gasteiger charge is -2.13. The van der Waals surface area contributed by atoms with Crippen LogP contribution >= 0.6 is 23.2 Å². The van der Waals surface area contributed by atoms with Gasteiger partial charge in [-0.2, -0.15) is 4.57 Å². The van der Waals surface area contributed by atoms with E-state index in [4.69, 9.17) is 23.2 Å². The number of aromatic nitrogens is 2. The largest absolute Gasteiger partial charge is 0.327 e. The smallest absolute Gasteiger partial charge is 0.268 e. The molecule has 1 aliphatic heterocycles. The van der Waals surface area contributed by atoms with Crippen LogP contribution in [0.15, 0.2) is 47.7 Å². The van der Waals surface area contributed by atoms with Crippen LogP contribution in [-0.4, -0.2) is 10.7 Å². The fourth-order valence-electron chi connectivity index (χ4n) is 3.36. The monoisotopic (exact) mass is 418 g/mol. The summed E-state index contributed by atoms with van der Waals surface area (Å²) in [5.41, 5.74) is 1.90. The molecule has 0 saturated carbocycles. The quantitative estimate of drug-likeness (QED) is 0.511. The molecule has 0 radical (unpaired) electrons. The third-order valence-electron chi connectivity index (χ3n) is 4.78. The topological polar surface area (TPSA) is 29.1 Å².